The second kappa shape index (κ2) is 5.96. The van der Waals surface area contributed by atoms with Crippen LogP contribution < -0.4 is 5.73 Å². The van der Waals surface area contributed by atoms with Gasteiger partial charge in [0.1, 0.15) is 5.82 Å². The molecule has 0 spiro atoms. The topological polar surface area (TPSA) is 47.1 Å². The minimum atomic E-state index is -4.13. The van der Waals surface area contributed by atoms with Gasteiger partial charge in [0.25, 0.3) is 0 Å². The second-order valence-electron chi connectivity index (χ2n) is 6.07. The van der Waals surface area contributed by atoms with E-state index in [1.54, 1.807) is 6.20 Å². The number of nitrogens with zero attached hydrogens (tertiary/aromatic N) is 3. The summed E-state index contributed by atoms with van der Waals surface area (Å²) in [6.45, 7) is 0.742. The fraction of sp³-hybridized carbons (Fsp3) is 0.786. The van der Waals surface area contributed by atoms with Gasteiger partial charge >= 0.3 is 6.18 Å². The van der Waals surface area contributed by atoms with Crippen molar-refractivity contribution in [2.75, 3.05) is 13.6 Å². The van der Waals surface area contributed by atoms with Crippen molar-refractivity contribution in [1.82, 2.24) is 14.5 Å². The molecule has 120 valence electrons. The number of aryl methyl sites for hydroxylation is 1. The van der Waals surface area contributed by atoms with Crippen molar-refractivity contribution in [3.8, 4) is 0 Å². The van der Waals surface area contributed by atoms with Crippen LogP contribution >= 0.6 is 0 Å². The quantitative estimate of drug-likeness (QED) is 0.928. The van der Waals surface area contributed by atoms with Crippen LogP contribution in [0.5, 0.6) is 0 Å². The Bertz CT molecular complexity index is 471. The van der Waals surface area contributed by atoms with Crippen LogP contribution in [0.4, 0.5) is 13.2 Å². The van der Waals surface area contributed by atoms with Crippen LogP contribution in [0.2, 0.25) is 0 Å². The number of hydrogen-bond donors (Lipinski definition) is 1. The average Bonchev–Trinajstić information content (AvgIpc) is 2.83. The third-order valence-electron chi connectivity index (χ3n) is 4.77. The molecule has 1 aromatic heterocycles. The van der Waals surface area contributed by atoms with E-state index in [0.29, 0.717) is 19.4 Å². The Morgan fingerprint density at radius 2 is 2.24 bits per heavy atom. The smallest absolute Gasteiger partial charge is 0.337 e. The summed E-state index contributed by atoms with van der Waals surface area (Å²) in [5, 5.41) is 0. The predicted octanol–water partition coefficient (Wildman–Crippen LogP) is 2.30. The summed E-state index contributed by atoms with van der Waals surface area (Å²) in [7, 11) is 3.73. The third kappa shape index (κ3) is 3.40. The molecule has 1 fully saturated rings. The van der Waals surface area contributed by atoms with Gasteiger partial charge in [0, 0.05) is 31.5 Å². The van der Waals surface area contributed by atoms with Crippen LogP contribution in [0.1, 0.15) is 31.5 Å². The maximum atomic E-state index is 13.1. The highest BCUT2D eigenvalue weighted by Crippen LogP contribution is 2.43. The molecule has 0 bridgehead atoms. The zero-order valence-corrected chi connectivity index (χ0v) is 12.5. The number of halogens is 3. The van der Waals surface area contributed by atoms with Crippen molar-refractivity contribution in [1.29, 1.82) is 0 Å². The minimum Gasteiger partial charge on any atom is -0.337 e. The van der Waals surface area contributed by atoms with E-state index in [9.17, 15) is 13.2 Å². The molecular weight excluding hydrogens is 281 g/mol. The van der Waals surface area contributed by atoms with Crippen LogP contribution in [-0.2, 0) is 13.6 Å². The molecule has 0 saturated heterocycles. The normalized spacial score (nSPS) is 27.3. The molecule has 21 heavy (non-hydrogen) atoms. The van der Waals surface area contributed by atoms with Gasteiger partial charge in [-0.05, 0) is 26.3 Å². The lowest BCUT2D eigenvalue weighted by molar-refractivity contribution is -0.193. The first-order valence-corrected chi connectivity index (χ1v) is 7.23. The van der Waals surface area contributed by atoms with Crippen molar-refractivity contribution in [3.05, 3.63) is 18.2 Å². The Hall–Kier alpha value is -1.08. The van der Waals surface area contributed by atoms with Gasteiger partial charge in [-0.15, -0.1) is 0 Å². The fourth-order valence-electron chi connectivity index (χ4n) is 3.24. The van der Waals surface area contributed by atoms with Crippen molar-refractivity contribution >= 4 is 0 Å². The summed E-state index contributed by atoms with van der Waals surface area (Å²) in [6.07, 6.45) is 0.943. The first kappa shape index (κ1) is 16.3. The summed E-state index contributed by atoms with van der Waals surface area (Å²) in [5.74, 6) is -0.418. The number of likely N-dealkylation sites (N-methyl/N-ethyl adjacent to an activating group) is 1. The number of imidazole rings is 1. The number of rotatable bonds is 4. The number of nitrogens with two attached hydrogens (primary N) is 1. The van der Waals surface area contributed by atoms with Crippen molar-refractivity contribution in [2.24, 2.45) is 18.7 Å². The van der Waals surface area contributed by atoms with E-state index < -0.39 is 17.6 Å². The number of aromatic nitrogens is 2. The first-order valence-electron chi connectivity index (χ1n) is 7.23. The molecule has 4 nitrogen and oxygen atoms in total. The first-order chi connectivity index (χ1) is 9.78. The van der Waals surface area contributed by atoms with E-state index in [-0.39, 0.29) is 19.4 Å². The van der Waals surface area contributed by atoms with E-state index in [0.717, 1.165) is 5.82 Å². The molecule has 0 amide bonds. The molecule has 0 aromatic carbocycles. The lowest BCUT2D eigenvalue weighted by atomic mass is 9.74. The van der Waals surface area contributed by atoms with E-state index >= 15 is 0 Å². The minimum absolute atomic E-state index is 0.0773. The van der Waals surface area contributed by atoms with Crippen LogP contribution in [0.25, 0.3) is 0 Å². The highest BCUT2D eigenvalue weighted by atomic mass is 19.4. The summed E-state index contributed by atoms with van der Waals surface area (Å²) in [4.78, 5) is 6.19. The number of hydrogen-bond acceptors (Lipinski definition) is 3. The highest BCUT2D eigenvalue weighted by molar-refractivity contribution is 5.00. The largest absolute Gasteiger partial charge is 0.391 e. The third-order valence-corrected chi connectivity index (χ3v) is 4.77. The van der Waals surface area contributed by atoms with Crippen LogP contribution in [-0.4, -0.2) is 39.8 Å². The molecule has 2 N–H and O–H groups in total. The monoisotopic (exact) mass is 304 g/mol. The van der Waals surface area contributed by atoms with Crippen molar-refractivity contribution < 1.29 is 13.2 Å². The SMILES string of the molecule is CN(Cc1nccn1C)C1(CN)CCCC(C(F)(F)F)C1. The molecular formula is C14H23F3N4. The molecule has 0 radical (unpaired) electrons. The van der Waals surface area contributed by atoms with Gasteiger partial charge in [-0.3, -0.25) is 4.90 Å². The van der Waals surface area contributed by atoms with Gasteiger partial charge in [-0.2, -0.15) is 13.2 Å². The summed E-state index contributed by atoms with van der Waals surface area (Å²) in [6, 6.07) is 0. The molecule has 1 saturated carbocycles. The predicted molar refractivity (Wildman–Crippen MR) is 74.5 cm³/mol. The molecule has 2 rings (SSSR count). The zero-order valence-electron chi connectivity index (χ0n) is 12.5. The van der Waals surface area contributed by atoms with Gasteiger partial charge in [0.15, 0.2) is 0 Å². The highest BCUT2D eigenvalue weighted by Gasteiger charge is 2.48. The maximum Gasteiger partial charge on any atom is 0.391 e. The van der Waals surface area contributed by atoms with Crippen LogP contribution in [0, 0.1) is 5.92 Å². The lowest BCUT2D eigenvalue weighted by Gasteiger charge is -2.46. The summed E-state index contributed by atoms with van der Waals surface area (Å²) >= 11 is 0. The molecule has 7 heteroatoms. The second-order valence-corrected chi connectivity index (χ2v) is 6.07. The molecule has 1 aromatic rings. The Labute approximate surface area is 123 Å². The maximum absolute atomic E-state index is 13.1. The Kier molecular flexibility index (Phi) is 4.63. The molecule has 2 atom stereocenters. The van der Waals surface area contributed by atoms with E-state index in [2.05, 4.69) is 4.98 Å². The number of alkyl halides is 3. The Balaban J connectivity index is 2.14. The van der Waals surface area contributed by atoms with Crippen molar-refractivity contribution in [2.45, 2.75) is 43.9 Å². The van der Waals surface area contributed by atoms with Gasteiger partial charge < -0.3 is 10.3 Å². The standard InChI is InChI=1S/C14H23F3N4/c1-20-7-6-19-12(20)9-21(2)13(10-18)5-3-4-11(8-13)14(15,16)17/h6-7,11H,3-5,8-10,18H2,1-2H3. The van der Waals surface area contributed by atoms with Gasteiger partial charge in [0.05, 0.1) is 12.5 Å². The molecule has 1 aliphatic rings. The van der Waals surface area contributed by atoms with Crippen LogP contribution in [0.15, 0.2) is 12.4 Å². The molecule has 1 aliphatic carbocycles. The van der Waals surface area contributed by atoms with Crippen molar-refractivity contribution in [3.63, 3.8) is 0 Å². The Morgan fingerprint density at radius 1 is 1.52 bits per heavy atom. The molecule has 0 aliphatic heterocycles. The van der Waals surface area contributed by atoms with E-state index in [1.165, 1.54) is 0 Å². The van der Waals surface area contributed by atoms with E-state index in [4.69, 9.17) is 5.73 Å². The summed E-state index contributed by atoms with van der Waals surface area (Å²) in [5.41, 5.74) is 5.28. The zero-order chi connectivity index (χ0) is 15.7. The average molecular weight is 304 g/mol. The lowest BCUT2D eigenvalue weighted by Crippen LogP contribution is -2.56. The fourth-order valence-corrected chi connectivity index (χ4v) is 3.24. The van der Waals surface area contributed by atoms with Gasteiger partial charge in [0.2, 0.25) is 0 Å². The molecule has 2 unspecified atom stereocenters. The summed E-state index contributed by atoms with van der Waals surface area (Å²) < 4.78 is 41.0. The Morgan fingerprint density at radius 3 is 2.76 bits per heavy atom. The van der Waals surface area contributed by atoms with Gasteiger partial charge in [-0.25, -0.2) is 4.98 Å². The van der Waals surface area contributed by atoms with E-state index in [1.807, 2.05) is 29.8 Å². The molecule has 1 heterocycles. The van der Waals surface area contributed by atoms with Crippen LogP contribution in [0.3, 0.4) is 0 Å². The van der Waals surface area contributed by atoms with Gasteiger partial charge in [-0.1, -0.05) is 6.42 Å².